The smallest absolute Gasteiger partial charge is 0.344 e. The standard InChI is InChI=1S/C16H12N2O3/c17-18-15(19)12-7-3-2-6-11(12)13-9-10-5-1-4-8-14(10)21-16(13)20/h1-9H,17H2,(H,18,19). The molecule has 0 aliphatic rings. The summed E-state index contributed by atoms with van der Waals surface area (Å²) < 4.78 is 5.30. The summed E-state index contributed by atoms with van der Waals surface area (Å²) >= 11 is 0. The largest absolute Gasteiger partial charge is 0.422 e. The Labute approximate surface area is 120 Å². The second-order valence-electron chi connectivity index (χ2n) is 4.50. The van der Waals surface area contributed by atoms with E-state index in [0.717, 1.165) is 5.39 Å². The highest BCUT2D eigenvalue weighted by molar-refractivity contribution is 6.01. The molecule has 0 unspecified atom stereocenters. The fourth-order valence-electron chi connectivity index (χ4n) is 2.24. The number of benzene rings is 2. The molecular formula is C16H12N2O3. The number of nitrogen functional groups attached to an aromatic ring is 1. The van der Waals surface area contributed by atoms with Crippen LogP contribution < -0.4 is 16.9 Å². The molecule has 0 aliphatic carbocycles. The number of carbonyl (C=O) groups excluding carboxylic acids is 1. The van der Waals surface area contributed by atoms with Crippen molar-refractivity contribution in [1.29, 1.82) is 0 Å². The fraction of sp³-hybridized carbons (Fsp3) is 0. The van der Waals surface area contributed by atoms with Crippen LogP contribution >= 0.6 is 0 Å². The second-order valence-corrected chi connectivity index (χ2v) is 4.50. The summed E-state index contributed by atoms with van der Waals surface area (Å²) in [6, 6.07) is 15.7. The minimum Gasteiger partial charge on any atom is -0.422 e. The first-order valence-electron chi connectivity index (χ1n) is 6.34. The predicted octanol–water partition coefficient (Wildman–Crippen LogP) is 2.06. The van der Waals surface area contributed by atoms with E-state index in [1.54, 1.807) is 42.5 Å². The fourth-order valence-corrected chi connectivity index (χ4v) is 2.24. The van der Waals surface area contributed by atoms with Crippen molar-refractivity contribution in [3.8, 4) is 11.1 Å². The van der Waals surface area contributed by atoms with Gasteiger partial charge in [-0.05, 0) is 18.2 Å². The van der Waals surface area contributed by atoms with Crippen molar-refractivity contribution in [1.82, 2.24) is 5.43 Å². The van der Waals surface area contributed by atoms with Crippen molar-refractivity contribution >= 4 is 16.9 Å². The third-order valence-electron chi connectivity index (χ3n) is 3.23. The number of nitrogens with one attached hydrogen (secondary N) is 1. The monoisotopic (exact) mass is 280 g/mol. The van der Waals surface area contributed by atoms with E-state index in [4.69, 9.17) is 10.3 Å². The van der Waals surface area contributed by atoms with Gasteiger partial charge in [0, 0.05) is 16.5 Å². The molecule has 0 atom stereocenters. The molecule has 3 rings (SSSR count). The van der Waals surface area contributed by atoms with Gasteiger partial charge in [0.15, 0.2) is 0 Å². The van der Waals surface area contributed by atoms with Crippen LogP contribution in [0, 0.1) is 0 Å². The Balaban J connectivity index is 2.28. The Morgan fingerprint density at radius 3 is 2.52 bits per heavy atom. The molecule has 21 heavy (non-hydrogen) atoms. The van der Waals surface area contributed by atoms with E-state index in [-0.39, 0.29) is 0 Å². The zero-order chi connectivity index (χ0) is 14.8. The Kier molecular flexibility index (Phi) is 3.25. The van der Waals surface area contributed by atoms with Crippen molar-refractivity contribution in [3.63, 3.8) is 0 Å². The van der Waals surface area contributed by atoms with Gasteiger partial charge in [-0.1, -0.05) is 36.4 Å². The molecule has 0 aliphatic heterocycles. The van der Waals surface area contributed by atoms with Crippen LogP contribution in [0.5, 0.6) is 0 Å². The van der Waals surface area contributed by atoms with Crippen LogP contribution in [0.4, 0.5) is 0 Å². The highest BCUT2D eigenvalue weighted by Crippen LogP contribution is 2.24. The molecule has 1 aromatic heterocycles. The minimum absolute atomic E-state index is 0.322. The van der Waals surface area contributed by atoms with E-state index in [1.165, 1.54) is 0 Å². The van der Waals surface area contributed by atoms with E-state index in [2.05, 4.69) is 5.43 Å². The first kappa shape index (κ1) is 13.1. The van der Waals surface area contributed by atoms with Crippen LogP contribution in [0.1, 0.15) is 10.4 Å². The third-order valence-corrected chi connectivity index (χ3v) is 3.23. The van der Waals surface area contributed by atoms with Crippen molar-refractivity contribution in [2.24, 2.45) is 5.84 Å². The lowest BCUT2D eigenvalue weighted by Gasteiger charge is -2.08. The van der Waals surface area contributed by atoms with Crippen LogP contribution in [0.15, 0.2) is 63.8 Å². The van der Waals surface area contributed by atoms with Crippen LogP contribution in [-0.2, 0) is 0 Å². The Bertz CT molecular complexity index is 884. The van der Waals surface area contributed by atoms with Gasteiger partial charge in [0.05, 0.1) is 5.56 Å². The summed E-state index contributed by atoms with van der Waals surface area (Å²) in [5.74, 6) is 4.72. The topological polar surface area (TPSA) is 85.3 Å². The van der Waals surface area contributed by atoms with Gasteiger partial charge in [0.2, 0.25) is 0 Å². The van der Waals surface area contributed by atoms with Crippen molar-refractivity contribution in [2.45, 2.75) is 0 Å². The van der Waals surface area contributed by atoms with Gasteiger partial charge >= 0.3 is 5.63 Å². The SMILES string of the molecule is NNC(=O)c1ccccc1-c1cc2ccccc2oc1=O. The van der Waals surface area contributed by atoms with Crippen LogP contribution in [0.3, 0.4) is 0 Å². The molecule has 2 aromatic carbocycles. The highest BCUT2D eigenvalue weighted by Gasteiger charge is 2.15. The van der Waals surface area contributed by atoms with E-state index in [9.17, 15) is 9.59 Å². The molecule has 0 fully saturated rings. The van der Waals surface area contributed by atoms with Crippen LogP contribution in [-0.4, -0.2) is 5.91 Å². The maximum Gasteiger partial charge on any atom is 0.344 e. The zero-order valence-corrected chi connectivity index (χ0v) is 11.0. The van der Waals surface area contributed by atoms with Crippen molar-refractivity contribution in [2.75, 3.05) is 0 Å². The predicted molar refractivity (Wildman–Crippen MR) is 79.6 cm³/mol. The molecule has 3 aromatic rings. The van der Waals surface area contributed by atoms with Crippen LogP contribution in [0.2, 0.25) is 0 Å². The maximum absolute atomic E-state index is 12.2. The summed E-state index contributed by atoms with van der Waals surface area (Å²) in [6.07, 6.45) is 0. The van der Waals surface area contributed by atoms with Gasteiger partial charge < -0.3 is 4.42 Å². The molecule has 0 saturated carbocycles. The van der Waals surface area contributed by atoms with Gasteiger partial charge in [0.1, 0.15) is 5.58 Å². The number of hydrogen-bond acceptors (Lipinski definition) is 4. The number of para-hydroxylation sites is 1. The molecule has 1 amide bonds. The summed E-state index contributed by atoms with van der Waals surface area (Å²) in [5, 5.41) is 0.787. The maximum atomic E-state index is 12.2. The normalized spacial score (nSPS) is 10.5. The van der Waals surface area contributed by atoms with E-state index in [0.29, 0.717) is 22.3 Å². The summed E-state index contributed by atoms with van der Waals surface area (Å²) in [6.45, 7) is 0. The average Bonchev–Trinajstić information content (AvgIpc) is 2.53. The van der Waals surface area contributed by atoms with Gasteiger partial charge in [0.25, 0.3) is 5.91 Å². The van der Waals surface area contributed by atoms with Crippen LogP contribution in [0.25, 0.3) is 22.1 Å². The number of nitrogens with two attached hydrogens (primary N) is 1. The van der Waals surface area contributed by atoms with Crippen molar-refractivity contribution in [3.05, 3.63) is 70.6 Å². The quantitative estimate of drug-likeness (QED) is 0.325. The van der Waals surface area contributed by atoms with Gasteiger partial charge in [-0.25, -0.2) is 10.6 Å². The molecule has 3 N–H and O–H groups in total. The van der Waals surface area contributed by atoms with Gasteiger partial charge in [-0.3, -0.25) is 10.2 Å². The zero-order valence-electron chi connectivity index (χ0n) is 11.0. The highest BCUT2D eigenvalue weighted by atomic mass is 16.4. The lowest BCUT2D eigenvalue weighted by atomic mass is 10.00. The minimum atomic E-state index is -0.494. The average molecular weight is 280 g/mol. The Morgan fingerprint density at radius 2 is 1.71 bits per heavy atom. The number of fused-ring (bicyclic) bond motifs is 1. The summed E-state index contributed by atoms with van der Waals surface area (Å²) in [5.41, 5.74) is 3.22. The molecule has 0 saturated heterocycles. The van der Waals surface area contributed by atoms with Crippen molar-refractivity contribution < 1.29 is 9.21 Å². The van der Waals surface area contributed by atoms with Gasteiger partial charge in [-0.2, -0.15) is 0 Å². The number of carbonyl (C=O) groups is 1. The van der Waals surface area contributed by atoms with Gasteiger partial charge in [-0.15, -0.1) is 0 Å². The van der Waals surface area contributed by atoms with E-state index < -0.39 is 11.5 Å². The molecule has 5 nitrogen and oxygen atoms in total. The van der Waals surface area contributed by atoms with E-state index in [1.807, 2.05) is 12.1 Å². The number of hydrazine groups is 1. The van der Waals surface area contributed by atoms with E-state index >= 15 is 0 Å². The number of amides is 1. The third kappa shape index (κ3) is 2.30. The molecule has 0 radical (unpaired) electrons. The summed E-state index contributed by atoms with van der Waals surface area (Å²) in [4.78, 5) is 24.0. The molecule has 0 spiro atoms. The lowest BCUT2D eigenvalue weighted by Crippen LogP contribution is -2.30. The second kappa shape index (κ2) is 5.22. The Hall–Kier alpha value is -2.92. The first-order valence-corrected chi connectivity index (χ1v) is 6.34. The first-order chi connectivity index (χ1) is 10.2. The molecule has 1 heterocycles. The summed E-state index contributed by atoms with van der Waals surface area (Å²) in [7, 11) is 0. The number of hydrogen-bond donors (Lipinski definition) is 2. The lowest BCUT2D eigenvalue weighted by molar-refractivity contribution is 0.0954. The molecule has 104 valence electrons. The number of rotatable bonds is 2. The molecule has 5 heteroatoms. The molecule has 0 bridgehead atoms. The Morgan fingerprint density at radius 1 is 1.00 bits per heavy atom. The molecular weight excluding hydrogens is 268 g/mol.